The Morgan fingerprint density at radius 2 is 1.93 bits per heavy atom. The number of aromatic nitrogens is 1. The van der Waals surface area contributed by atoms with Crippen LogP contribution in [0.3, 0.4) is 0 Å². The van der Waals surface area contributed by atoms with E-state index in [1.807, 2.05) is 26.0 Å². The Morgan fingerprint density at radius 1 is 1.29 bits per heavy atom. The Bertz CT molecular complexity index is 472. The van der Waals surface area contributed by atoms with Crippen LogP contribution in [0.5, 0.6) is 0 Å². The van der Waals surface area contributed by atoms with Gasteiger partial charge in [-0.1, -0.05) is 0 Å². The first kappa shape index (κ1) is 8.94. The van der Waals surface area contributed by atoms with Crippen molar-refractivity contribution < 1.29 is 9.21 Å². The highest BCUT2D eigenvalue weighted by Gasteiger charge is 2.10. The minimum atomic E-state index is -0.142. The van der Waals surface area contributed by atoms with Crippen molar-refractivity contribution in [1.29, 1.82) is 0 Å². The van der Waals surface area contributed by atoms with Crippen molar-refractivity contribution in [2.24, 2.45) is 0 Å². The van der Waals surface area contributed by atoms with Crippen LogP contribution in [0.4, 0.5) is 0 Å². The SMILES string of the molecule is CC(=O)c1nc2cc(C)c(C)cc2o1. The molecule has 2 rings (SSSR count). The van der Waals surface area contributed by atoms with Crippen LogP contribution in [0.2, 0.25) is 0 Å². The van der Waals surface area contributed by atoms with E-state index in [9.17, 15) is 4.79 Å². The Morgan fingerprint density at radius 3 is 2.57 bits per heavy atom. The summed E-state index contributed by atoms with van der Waals surface area (Å²) in [6.07, 6.45) is 0. The molecule has 0 unspecified atom stereocenters. The van der Waals surface area contributed by atoms with E-state index in [4.69, 9.17) is 4.42 Å². The fourth-order valence-electron chi connectivity index (χ4n) is 1.33. The first-order valence-corrected chi connectivity index (χ1v) is 4.46. The van der Waals surface area contributed by atoms with Gasteiger partial charge in [0.2, 0.25) is 5.78 Å². The summed E-state index contributed by atoms with van der Waals surface area (Å²) < 4.78 is 5.30. The Kier molecular flexibility index (Phi) is 1.88. The van der Waals surface area contributed by atoms with Gasteiger partial charge in [-0.25, -0.2) is 4.98 Å². The third kappa shape index (κ3) is 1.31. The van der Waals surface area contributed by atoms with Crippen LogP contribution >= 0.6 is 0 Å². The minimum Gasteiger partial charge on any atom is -0.434 e. The second-order valence-electron chi connectivity index (χ2n) is 3.48. The van der Waals surface area contributed by atoms with Gasteiger partial charge in [-0.2, -0.15) is 0 Å². The van der Waals surface area contributed by atoms with Gasteiger partial charge >= 0.3 is 0 Å². The van der Waals surface area contributed by atoms with Crippen molar-refractivity contribution in [1.82, 2.24) is 4.98 Å². The summed E-state index contributed by atoms with van der Waals surface area (Å²) in [5.41, 5.74) is 3.72. The summed E-state index contributed by atoms with van der Waals surface area (Å²) in [6.45, 7) is 5.46. The number of aryl methyl sites for hydroxylation is 2. The lowest BCUT2D eigenvalue weighted by molar-refractivity contribution is 0.0983. The van der Waals surface area contributed by atoms with Gasteiger partial charge in [0.05, 0.1) is 0 Å². The van der Waals surface area contributed by atoms with E-state index in [2.05, 4.69) is 4.98 Å². The molecule has 0 fully saturated rings. The van der Waals surface area contributed by atoms with Crippen LogP contribution < -0.4 is 0 Å². The molecular weight excluding hydrogens is 178 g/mol. The number of ketones is 1. The predicted octanol–water partition coefficient (Wildman–Crippen LogP) is 2.65. The fourth-order valence-corrected chi connectivity index (χ4v) is 1.33. The van der Waals surface area contributed by atoms with E-state index < -0.39 is 0 Å². The van der Waals surface area contributed by atoms with E-state index in [0.29, 0.717) is 5.58 Å². The molecule has 1 heterocycles. The molecule has 0 amide bonds. The van der Waals surface area contributed by atoms with Gasteiger partial charge in [0.25, 0.3) is 5.89 Å². The third-order valence-corrected chi connectivity index (χ3v) is 2.31. The average molecular weight is 189 g/mol. The summed E-state index contributed by atoms with van der Waals surface area (Å²) in [7, 11) is 0. The number of Topliss-reactive ketones (excluding diaryl/α,β-unsaturated/α-hetero) is 1. The maximum atomic E-state index is 11.0. The topological polar surface area (TPSA) is 43.1 Å². The fraction of sp³-hybridized carbons (Fsp3) is 0.273. The molecule has 1 aromatic heterocycles. The van der Waals surface area contributed by atoms with Gasteiger partial charge < -0.3 is 4.42 Å². The van der Waals surface area contributed by atoms with Crippen molar-refractivity contribution >= 4 is 16.9 Å². The van der Waals surface area contributed by atoms with Crippen LogP contribution in [0.25, 0.3) is 11.1 Å². The summed E-state index contributed by atoms with van der Waals surface area (Å²) >= 11 is 0. The van der Waals surface area contributed by atoms with Gasteiger partial charge in [-0.05, 0) is 37.1 Å². The molecule has 1 aromatic carbocycles. The Labute approximate surface area is 81.7 Å². The van der Waals surface area contributed by atoms with Gasteiger partial charge in [0.1, 0.15) is 5.52 Å². The zero-order valence-corrected chi connectivity index (χ0v) is 8.42. The number of fused-ring (bicyclic) bond motifs is 1. The quantitative estimate of drug-likeness (QED) is 0.647. The first-order chi connectivity index (χ1) is 6.58. The normalized spacial score (nSPS) is 10.8. The first-order valence-electron chi connectivity index (χ1n) is 4.46. The van der Waals surface area contributed by atoms with E-state index in [-0.39, 0.29) is 11.7 Å². The number of hydrogen-bond donors (Lipinski definition) is 0. The number of hydrogen-bond acceptors (Lipinski definition) is 3. The molecule has 3 heteroatoms. The summed E-state index contributed by atoms with van der Waals surface area (Å²) in [4.78, 5) is 15.1. The van der Waals surface area contributed by atoms with Crippen LogP contribution in [0.1, 0.15) is 28.7 Å². The van der Waals surface area contributed by atoms with Crippen molar-refractivity contribution in [3.63, 3.8) is 0 Å². The molecule has 0 aliphatic carbocycles. The minimum absolute atomic E-state index is 0.142. The highest BCUT2D eigenvalue weighted by Crippen LogP contribution is 2.20. The molecule has 72 valence electrons. The zero-order valence-electron chi connectivity index (χ0n) is 8.42. The molecule has 0 aliphatic rings. The molecule has 0 radical (unpaired) electrons. The van der Waals surface area contributed by atoms with Crippen LogP contribution in [0, 0.1) is 13.8 Å². The van der Waals surface area contributed by atoms with Gasteiger partial charge in [0.15, 0.2) is 5.58 Å². The second-order valence-corrected chi connectivity index (χ2v) is 3.48. The van der Waals surface area contributed by atoms with Crippen molar-refractivity contribution in [2.75, 3.05) is 0 Å². The zero-order chi connectivity index (χ0) is 10.3. The number of nitrogens with zero attached hydrogens (tertiary/aromatic N) is 1. The molecule has 14 heavy (non-hydrogen) atoms. The van der Waals surface area contributed by atoms with Crippen molar-refractivity contribution in [3.05, 3.63) is 29.2 Å². The number of oxazole rings is 1. The molecular formula is C11H11NO2. The van der Waals surface area contributed by atoms with Gasteiger partial charge in [-0.3, -0.25) is 4.79 Å². The highest BCUT2D eigenvalue weighted by molar-refractivity contribution is 5.92. The average Bonchev–Trinajstić information content (AvgIpc) is 2.48. The van der Waals surface area contributed by atoms with E-state index in [1.54, 1.807) is 0 Å². The lowest BCUT2D eigenvalue weighted by Crippen LogP contribution is -1.89. The lowest BCUT2D eigenvalue weighted by Gasteiger charge is -1.96. The van der Waals surface area contributed by atoms with Crippen LogP contribution in [-0.2, 0) is 0 Å². The van der Waals surface area contributed by atoms with Gasteiger partial charge in [-0.15, -0.1) is 0 Å². The highest BCUT2D eigenvalue weighted by atomic mass is 16.4. The van der Waals surface area contributed by atoms with E-state index in [0.717, 1.165) is 16.6 Å². The van der Waals surface area contributed by atoms with Crippen LogP contribution in [0.15, 0.2) is 16.5 Å². The lowest BCUT2D eigenvalue weighted by atomic mass is 10.1. The third-order valence-electron chi connectivity index (χ3n) is 2.31. The second kappa shape index (κ2) is 2.94. The number of carbonyl (C=O) groups excluding carboxylic acids is 1. The molecule has 3 nitrogen and oxygen atoms in total. The molecule has 0 saturated heterocycles. The molecule has 0 bridgehead atoms. The molecule has 0 atom stereocenters. The van der Waals surface area contributed by atoms with Crippen LogP contribution in [-0.4, -0.2) is 10.8 Å². The molecule has 0 spiro atoms. The predicted molar refractivity (Wildman–Crippen MR) is 53.5 cm³/mol. The maximum absolute atomic E-state index is 11.0. The van der Waals surface area contributed by atoms with Crippen molar-refractivity contribution in [2.45, 2.75) is 20.8 Å². The maximum Gasteiger partial charge on any atom is 0.263 e. The molecule has 0 N–H and O–H groups in total. The monoisotopic (exact) mass is 189 g/mol. The smallest absolute Gasteiger partial charge is 0.263 e. The Balaban J connectivity index is 2.72. The number of rotatable bonds is 1. The van der Waals surface area contributed by atoms with E-state index in [1.165, 1.54) is 6.92 Å². The summed E-state index contributed by atoms with van der Waals surface area (Å²) in [5, 5.41) is 0. The van der Waals surface area contributed by atoms with Gasteiger partial charge in [0, 0.05) is 6.92 Å². The summed E-state index contributed by atoms with van der Waals surface area (Å²) in [5.74, 6) is 0.0431. The number of benzene rings is 1. The van der Waals surface area contributed by atoms with E-state index >= 15 is 0 Å². The summed E-state index contributed by atoms with van der Waals surface area (Å²) in [6, 6.07) is 3.84. The molecule has 0 aliphatic heterocycles. The standard InChI is InChI=1S/C11H11NO2/c1-6-4-9-10(5-7(6)2)14-11(12-9)8(3)13/h4-5H,1-3H3. The molecule has 2 aromatic rings. The largest absolute Gasteiger partial charge is 0.434 e. The number of carbonyl (C=O) groups is 1. The Hall–Kier alpha value is -1.64. The van der Waals surface area contributed by atoms with Crippen molar-refractivity contribution in [3.8, 4) is 0 Å². The molecule has 0 saturated carbocycles.